The number of aromatic nitrogens is 1. The van der Waals surface area contributed by atoms with E-state index in [1.54, 1.807) is 0 Å². The smallest absolute Gasteiger partial charge is 0.267 e. The first-order valence-electron chi connectivity index (χ1n) is 8.39. The molecule has 122 valence electrons. The Kier molecular flexibility index (Phi) is 5.13. The van der Waals surface area contributed by atoms with Crippen molar-refractivity contribution in [2.24, 2.45) is 5.92 Å². The predicted octanol–water partition coefficient (Wildman–Crippen LogP) is 2.62. The second-order valence-corrected chi connectivity index (χ2v) is 6.29. The molecule has 0 saturated heterocycles. The Balaban J connectivity index is 1.55. The predicted molar refractivity (Wildman–Crippen MR) is 90.3 cm³/mol. The maximum atomic E-state index is 12.4. The fourth-order valence-corrected chi connectivity index (χ4v) is 3.28. The largest absolute Gasteiger partial charge is 0.393 e. The highest BCUT2D eigenvalue weighted by Gasteiger charge is 2.25. The van der Waals surface area contributed by atoms with E-state index in [9.17, 15) is 9.90 Å². The van der Waals surface area contributed by atoms with Crippen LogP contribution in [0.2, 0.25) is 0 Å². The van der Waals surface area contributed by atoms with Crippen LogP contribution in [0, 0.1) is 5.92 Å². The molecule has 4 nitrogen and oxygen atoms in total. The lowest BCUT2D eigenvalue weighted by atomic mass is 10.1. The first kappa shape index (κ1) is 15.8. The van der Waals surface area contributed by atoms with Crippen molar-refractivity contribution in [1.29, 1.82) is 0 Å². The quantitative estimate of drug-likeness (QED) is 0.861. The molecule has 23 heavy (non-hydrogen) atoms. The zero-order chi connectivity index (χ0) is 16.1. The third-order valence-corrected chi connectivity index (χ3v) is 4.69. The molecule has 3 rings (SSSR count). The Bertz CT molecular complexity index is 636. The number of nitrogens with one attached hydrogen (secondary N) is 1. The molecule has 1 saturated carbocycles. The van der Waals surface area contributed by atoms with Gasteiger partial charge in [0.2, 0.25) is 0 Å². The average molecular weight is 312 g/mol. The van der Waals surface area contributed by atoms with Gasteiger partial charge in [-0.25, -0.2) is 0 Å². The second-order valence-electron chi connectivity index (χ2n) is 6.29. The number of aliphatic hydroxyl groups excluding tert-OH is 1. The van der Waals surface area contributed by atoms with Crippen LogP contribution in [0.5, 0.6) is 0 Å². The molecule has 1 aromatic heterocycles. The number of carbonyl (C=O) groups is 1. The van der Waals surface area contributed by atoms with Crippen LogP contribution in [0.15, 0.2) is 48.7 Å². The molecule has 2 atom stereocenters. The first-order chi connectivity index (χ1) is 11.2. The summed E-state index contributed by atoms with van der Waals surface area (Å²) in [5, 5.41) is 12.8. The average Bonchev–Trinajstić information content (AvgIpc) is 3.20. The van der Waals surface area contributed by atoms with E-state index in [-0.39, 0.29) is 17.9 Å². The topological polar surface area (TPSA) is 54.3 Å². The second kappa shape index (κ2) is 7.47. The van der Waals surface area contributed by atoms with Gasteiger partial charge in [-0.1, -0.05) is 36.8 Å². The van der Waals surface area contributed by atoms with Crippen molar-refractivity contribution in [2.45, 2.75) is 38.3 Å². The zero-order valence-electron chi connectivity index (χ0n) is 13.3. The summed E-state index contributed by atoms with van der Waals surface area (Å²) >= 11 is 0. The summed E-state index contributed by atoms with van der Waals surface area (Å²) in [5.41, 5.74) is 1.95. The van der Waals surface area contributed by atoms with Gasteiger partial charge in [-0.2, -0.15) is 0 Å². The van der Waals surface area contributed by atoms with Crippen LogP contribution in [-0.4, -0.2) is 28.2 Å². The van der Waals surface area contributed by atoms with Crippen LogP contribution in [0.3, 0.4) is 0 Å². The minimum atomic E-state index is -0.264. The van der Waals surface area contributed by atoms with Crippen molar-refractivity contribution >= 4 is 5.91 Å². The Hall–Kier alpha value is -2.07. The number of nitrogens with zero attached hydrogens (tertiary/aromatic N) is 1. The summed E-state index contributed by atoms with van der Waals surface area (Å²) in [6.45, 7) is 1.34. The SMILES string of the molecule is O=C(NCC1CCCC1O)c1cccn1CCc1ccccc1. The fourth-order valence-electron chi connectivity index (χ4n) is 3.28. The molecule has 2 N–H and O–H groups in total. The van der Waals surface area contributed by atoms with E-state index >= 15 is 0 Å². The molecule has 2 unspecified atom stereocenters. The van der Waals surface area contributed by atoms with Crippen LogP contribution in [-0.2, 0) is 13.0 Å². The molecular weight excluding hydrogens is 288 g/mol. The summed E-state index contributed by atoms with van der Waals surface area (Å²) in [7, 11) is 0. The third kappa shape index (κ3) is 4.02. The van der Waals surface area contributed by atoms with Crippen LogP contribution in [0.1, 0.15) is 35.3 Å². The lowest BCUT2D eigenvalue weighted by molar-refractivity contribution is 0.0908. The molecular formula is C19H24N2O2. The van der Waals surface area contributed by atoms with E-state index in [1.165, 1.54) is 5.56 Å². The van der Waals surface area contributed by atoms with Crippen molar-refractivity contribution < 1.29 is 9.90 Å². The summed E-state index contributed by atoms with van der Waals surface area (Å²) in [5.74, 6) is 0.147. The summed E-state index contributed by atoms with van der Waals surface area (Å²) in [6, 6.07) is 14.0. The molecule has 1 aliphatic rings. The van der Waals surface area contributed by atoms with E-state index < -0.39 is 0 Å². The van der Waals surface area contributed by atoms with Gasteiger partial charge in [-0.05, 0) is 37.0 Å². The van der Waals surface area contributed by atoms with Gasteiger partial charge in [0, 0.05) is 25.2 Å². The number of amides is 1. The van der Waals surface area contributed by atoms with Gasteiger partial charge in [0.25, 0.3) is 5.91 Å². The van der Waals surface area contributed by atoms with Gasteiger partial charge in [-0.3, -0.25) is 4.79 Å². The monoisotopic (exact) mass is 312 g/mol. The van der Waals surface area contributed by atoms with E-state index in [2.05, 4.69) is 17.4 Å². The highest BCUT2D eigenvalue weighted by Crippen LogP contribution is 2.24. The van der Waals surface area contributed by atoms with Gasteiger partial charge in [0.05, 0.1) is 6.10 Å². The normalized spacial score (nSPS) is 20.6. The minimum Gasteiger partial charge on any atom is -0.393 e. The highest BCUT2D eigenvalue weighted by molar-refractivity contribution is 5.92. The number of benzene rings is 1. The van der Waals surface area contributed by atoms with Gasteiger partial charge in [-0.15, -0.1) is 0 Å². The van der Waals surface area contributed by atoms with E-state index in [0.29, 0.717) is 12.2 Å². The highest BCUT2D eigenvalue weighted by atomic mass is 16.3. The third-order valence-electron chi connectivity index (χ3n) is 4.69. The standard InChI is InChI=1S/C19H24N2O2/c22-18-10-4-8-16(18)14-20-19(23)17-9-5-12-21(17)13-11-15-6-2-1-3-7-15/h1-3,5-7,9,12,16,18,22H,4,8,10-11,13-14H2,(H,20,23). The first-order valence-corrected chi connectivity index (χ1v) is 8.39. The molecule has 1 fully saturated rings. The molecule has 1 heterocycles. The maximum Gasteiger partial charge on any atom is 0.267 e. The summed E-state index contributed by atoms with van der Waals surface area (Å²) in [6.07, 6.45) is 5.49. The Labute approximate surface area is 137 Å². The van der Waals surface area contributed by atoms with Crippen LogP contribution >= 0.6 is 0 Å². The lowest BCUT2D eigenvalue weighted by Gasteiger charge is -2.16. The summed E-state index contributed by atoms with van der Waals surface area (Å²) in [4.78, 5) is 12.4. The van der Waals surface area contributed by atoms with Gasteiger partial charge in [0.15, 0.2) is 0 Å². The minimum absolute atomic E-state index is 0.0536. The fraction of sp³-hybridized carbons (Fsp3) is 0.421. The summed E-state index contributed by atoms with van der Waals surface area (Å²) < 4.78 is 1.99. The molecule has 0 bridgehead atoms. The number of aryl methyl sites for hydroxylation is 2. The van der Waals surface area contributed by atoms with Gasteiger partial charge < -0.3 is 15.0 Å². The van der Waals surface area contributed by atoms with E-state index in [4.69, 9.17) is 0 Å². The molecule has 1 aliphatic carbocycles. The molecule has 1 amide bonds. The van der Waals surface area contributed by atoms with Crippen molar-refractivity contribution in [3.8, 4) is 0 Å². The van der Waals surface area contributed by atoms with Crippen molar-refractivity contribution in [3.05, 3.63) is 59.9 Å². The molecule has 4 heteroatoms. The number of rotatable bonds is 6. The van der Waals surface area contributed by atoms with E-state index in [1.807, 2.05) is 41.1 Å². The van der Waals surface area contributed by atoms with Crippen molar-refractivity contribution in [1.82, 2.24) is 9.88 Å². The number of aliphatic hydroxyl groups is 1. The molecule has 0 aliphatic heterocycles. The van der Waals surface area contributed by atoms with Crippen molar-refractivity contribution in [2.75, 3.05) is 6.54 Å². The molecule has 0 radical (unpaired) electrons. The van der Waals surface area contributed by atoms with Gasteiger partial charge in [0.1, 0.15) is 5.69 Å². The van der Waals surface area contributed by atoms with E-state index in [0.717, 1.165) is 32.2 Å². The zero-order valence-corrected chi connectivity index (χ0v) is 13.3. The van der Waals surface area contributed by atoms with Crippen LogP contribution < -0.4 is 5.32 Å². The van der Waals surface area contributed by atoms with Gasteiger partial charge >= 0.3 is 0 Å². The molecule has 2 aromatic rings. The van der Waals surface area contributed by atoms with Crippen LogP contribution in [0.25, 0.3) is 0 Å². The molecule has 0 spiro atoms. The Morgan fingerprint density at radius 1 is 1.17 bits per heavy atom. The maximum absolute atomic E-state index is 12.4. The lowest BCUT2D eigenvalue weighted by Crippen LogP contribution is -2.33. The Morgan fingerprint density at radius 2 is 2.00 bits per heavy atom. The Morgan fingerprint density at radius 3 is 2.74 bits per heavy atom. The molecule has 1 aromatic carbocycles. The number of hydrogen-bond donors (Lipinski definition) is 2. The number of carbonyl (C=O) groups excluding carboxylic acids is 1. The number of hydrogen-bond acceptors (Lipinski definition) is 2. The van der Waals surface area contributed by atoms with Crippen molar-refractivity contribution in [3.63, 3.8) is 0 Å². The van der Waals surface area contributed by atoms with Crippen LogP contribution in [0.4, 0.5) is 0 Å².